The molecule has 5 heteroatoms. The van der Waals surface area contributed by atoms with Crippen LogP contribution in [0.3, 0.4) is 0 Å². The van der Waals surface area contributed by atoms with Crippen molar-refractivity contribution in [3.63, 3.8) is 0 Å². The second kappa shape index (κ2) is 20.4. The summed E-state index contributed by atoms with van der Waals surface area (Å²) in [7, 11) is 0. The lowest BCUT2D eigenvalue weighted by Gasteiger charge is -2.42. The Labute approximate surface area is 571 Å². The van der Waals surface area contributed by atoms with Gasteiger partial charge in [-0.3, -0.25) is 0 Å². The highest BCUT2D eigenvalue weighted by molar-refractivity contribution is 7.00. The highest BCUT2D eigenvalue weighted by atomic mass is 15.2. The van der Waals surface area contributed by atoms with E-state index in [2.05, 4.69) is 0 Å². The first-order chi connectivity index (χ1) is 55.0. The molecule has 0 N–H and O–H groups in total. The average molecular weight is 1210 g/mol. The van der Waals surface area contributed by atoms with Crippen LogP contribution in [0.25, 0.3) is 137 Å². The lowest BCUT2D eigenvalue weighted by molar-refractivity contribution is 0.590. The quantitative estimate of drug-likeness (QED) is 0.152. The van der Waals surface area contributed by atoms with Crippen molar-refractivity contribution in [2.45, 2.75) is 26.2 Å². The van der Waals surface area contributed by atoms with Gasteiger partial charge in [0.1, 0.15) is 0 Å². The van der Waals surface area contributed by atoms with E-state index in [0.29, 0.717) is 60.4 Å². The number of benzene rings is 14. The van der Waals surface area contributed by atoms with Crippen molar-refractivity contribution in [3.8, 4) is 50.4 Å². The number of fused-ring (bicyclic) bond motifs is 17. The standard InChI is InChI=1S/C88H61BN4/c1-88(2,3)61-53-82-85-83(54-61)93-86-64(58-30-11-6-12-31-58)40-25-41-73(86)67-34-14-13-32-65(67)66-33-15-16-39-72(66)84-80(92-78-44-23-19-37-70(78)71-38-20-24-45-79(71)92)49-48-75(87(84)93)89(85)74-47-46-62(90-76-42-21-17-35-68(76)69-36-18-22-43-77(69)90)55-81(74)91(82)63-51-59(56-26-7-4-8-27-56)50-60(52-63)57-28-9-5-10-29-57/h4-55H,1-3H3/i17D,18D,19D,20D,21D,22D,23D,24D,35D,36D,37D,38D,42D,43D,44D,45D,46D,47D,48D,49D,53D,54D. The first-order valence-electron chi connectivity index (χ1n) is 41.7. The maximum Gasteiger partial charge on any atom is 0.252 e. The molecule has 0 saturated carbocycles. The maximum atomic E-state index is 11.6. The molecule has 14 aromatic carbocycles. The summed E-state index contributed by atoms with van der Waals surface area (Å²) in [6.45, 7) is 4.00. The molecule has 0 spiro atoms. The van der Waals surface area contributed by atoms with Crippen LogP contribution in [-0.2, 0) is 5.41 Å². The summed E-state index contributed by atoms with van der Waals surface area (Å²) in [5, 5.41) is 1.53. The molecule has 5 heterocycles. The van der Waals surface area contributed by atoms with Crippen LogP contribution in [0.4, 0.5) is 17.1 Å². The van der Waals surface area contributed by atoms with Gasteiger partial charge in [0, 0.05) is 66.3 Å². The van der Waals surface area contributed by atoms with Crippen molar-refractivity contribution in [3.05, 3.63) is 320 Å². The fourth-order valence-electron chi connectivity index (χ4n) is 14.4. The highest BCUT2D eigenvalue weighted by Gasteiger charge is 2.44. The zero-order valence-corrected chi connectivity index (χ0v) is 50.2. The predicted octanol–water partition coefficient (Wildman–Crippen LogP) is 21.3. The highest BCUT2D eigenvalue weighted by Crippen LogP contribution is 2.49. The molecule has 2 aliphatic heterocycles. The van der Waals surface area contributed by atoms with Gasteiger partial charge >= 0.3 is 0 Å². The molecule has 0 aliphatic carbocycles. The van der Waals surface area contributed by atoms with Crippen molar-refractivity contribution in [1.82, 2.24) is 13.7 Å². The van der Waals surface area contributed by atoms with Gasteiger partial charge in [-0.05, 0) is 149 Å². The van der Waals surface area contributed by atoms with E-state index >= 15 is 0 Å². The van der Waals surface area contributed by atoms with Crippen molar-refractivity contribution < 1.29 is 30.2 Å². The van der Waals surface area contributed by atoms with Crippen LogP contribution < -0.4 is 21.3 Å². The Hall–Kier alpha value is -11.7. The minimum atomic E-state index is -1.64. The van der Waals surface area contributed by atoms with E-state index in [1.165, 1.54) is 15.2 Å². The number of hydrogen-bond acceptors (Lipinski definition) is 1. The Morgan fingerprint density at radius 1 is 0.323 bits per heavy atom. The Bertz CT molecular complexity index is 7210. The third kappa shape index (κ3) is 8.00. The van der Waals surface area contributed by atoms with Gasteiger partial charge in [-0.1, -0.05) is 263 Å². The van der Waals surface area contributed by atoms with Crippen LogP contribution in [0.15, 0.2) is 315 Å². The van der Waals surface area contributed by atoms with Crippen LogP contribution in [-0.4, -0.2) is 20.4 Å². The first kappa shape index (κ1) is 35.7. The smallest absolute Gasteiger partial charge is 0.252 e. The third-order valence-electron chi connectivity index (χ3n) is 18.4. The van der Waals surface area contributed by atoms with Gasteiger partial charge in [0.2, 0.25) is 0 Å². The van der Waals surface area contributed by atoms with Gasteiger partial charge in [-0.15, -0.1) is 0 Å². The van der Waals surface area contributed by atoms with E-state index in [-0.39, 0.29) is 117 Å². The van der Waals surface area contributed by atoms with E-state index in [0.717, 1.165) is 11.1 Å². The number of aromatic nitrogens is 3. The van der Waals surface area contributed by atoms with Crippen LogP contribution in [0.5, 0.6) is 0 Å². The molecule has 0 saturated heterocycles. The Morgan fingerprint density at radius 2 is 0.796 bits per heavy atom. The second-order valence-electron chi connectivity index (χ2n) is 24.6. The number of para-hydroxylation sites is 5. The normalized spacial score (nSPS) is 15.9. The minimum absolute atomic E-state index is 0.0132. The molecule has 17 aromatic rings. The van der Waals surface area contributed by atoms with E-state index in [1.807, 2.05) is 189 Å². The van der Waals surface area contributed by atoms with Crippen LogP contribution >= 0.6 is 0 Å². The topological polar surface area (TPSA) is 18.0 Å². The molecule has 436 valence electrons. The predicted molar refractivity (Wildman–Crippen MR) is 396 cm³/mol. The third-order valence-corrected chi connectivity index (χ3v) is 18.4. The average Bonchev–Trinajstić information content (AvgIpc) is 1.53. The van der Waals surface area contributed by atoms with Crippen molar-refractivity contribution in [2.24, 2.45) is 0 Å². The van der Waals surface area contributed by atoms with E-state index in [9.17, 15) is 27.4 Å². The van der Waals surface area contributed by atoms with Crippen LogP contribution in [0.2, 0.25) is 0 Å². The van der Waals surface area contributed by atoms with Crippen LogP contribution in [0, 0.1) is 0 Å². The number of anilines is 3. The number of rotatable bonds is 6. The van der Waals surface area contributed by atoms with Gasteiger partial charge in [0.05, 0.1) is 68.9 Å². The lowest BCUT2D eigenvalue weighted by Crippen LogP contribution is -2.60. The Kier molecular flexibility index (Phi) is 7.83. The lowest BCUT2D eigenvalue weighted by atomic mass is 9.33. The summed E-state index contributed by atoms with van der Waals surface area (Å²) in [5.74, 6) is 0. The summed E-state index contributed by atoms with van der Waals surface area (Å²) >= 11 is 0. The molecule has 0 radical (unpaired) electrons. The fourth-order valence-corrected chi connectivity index (χ4v) is 14.4. The van der Waals surface area contributed by atoms with E-state index < -0.39 is 133 Å². The maximum absolute atomic E-state index is 11.6. The molecule has 0 unspecified atom stereocenters. The van der Waals surface area contributed by atoms with E-state index in [4.69, 9.17) is 2.74 Å². The van der Waals surface area contributed by atoms with Crippen LogP contribution in [0.1, 0.15) is 56.5 Å². The molecule has 19 rings (SSSR count). The van der Waals surface area contributed by atoms with Gasteiger partial charge in [-0.2, -0.15) is 0 Å². The Balaban J connectivity index is 1.15. The largest absolute Gasteiger partial charge is 0.311 e. The molecular formula is C88H61BN4. The van der Waals surface area contributed by atoms with E-state index in [1.54, 1.807) is 17.0 Å². The van der Waals surface area contributed by atoms with Crippen molar-refractivity contribution >= 4 is 127 Å². The molecule has 0 fully saturated rings. The summed E-state index contributed by atoms with van der Waals surface area (Å²) in [6.07, 6.45) is 0. The molecule has 4 nitrogen and oxygen atoms in total. The summed E-state index contributed by atoms with van der Waals surface area (Å²) in [5.41, 5.74) is 2.11. The SMILES string of the molecule is [2H]c1c(-n2c3c([2H])c([2H])c([2H])c([2H])c3c3c([2H])c([2H])c([2H])c([2H])c32)cc2c(c1[2H])B1c3c(c([2H])c(C(C)(C)C)c([2H])c3-n3c4c(-c5ccccc5)cccc4c4ccccc4c4ccccc4c4c(-n5c6c([2H])c([2H])c([2H])c([2H])c6c6c([2H])c([2H])c([2H])c([2H])c65)c([2H])c([2H])c1c43)N2c1cc(-c2ccccc2)cc(-c2ccccc2)c1. The molecule has 2 aliphatic rings. The van der Waals surface area contributed by atoms with Gasteiger partial charge in [-0.25, -0.2) is 0 Å². The second-order valence-corrected chi connectivity index (χ2v) is 24.6. The minimum Gasteiger partial charge on any atom is -0.311 e. The molecular weight excluding hydrogens is 1120 g/mol. The van der Waals surface area contributed by atoms with Crippen molar-refractivity contribution in [2.75, 3.05) is 4.90 Å². The van der Waals surface area contributed by atoms with Gasteiger partial charge < -0.3 is 18.6 Å². The van der Waals surface area contributed by atoms with Gasteiger partial charge in [0.25, 0.3) is 6.71 Å². The van der Waals surface area contributed by atoms with Crippen molar-refractivity contribution in [1.29, 1.82) is 0 Å². The first-order valence-corrected chi connectivity index (χ1v) is 30.7. The molecule has 3 aromatic heterocycles. The molecule has 0 amide bonds. The Morgan fingerprint density at radius 3 is 1.37 bits per heavy atom. The van der Waals surface area contributed by atoms with Gasteiger partial charge in [0.15, 0.2) is 0 Å². The fraction of sp³-hybridized carbons (Fsp3) is 0.0455. The molecule has 0 atom stereocenters. The zero-order chi connectivity index (χ0) is 80.8. The summed E-state index contributed by atoms with van der Waals surface area (Å²) in [6, 6.07) is 42.7. The summed E-state index contributed by atoms with van der Waals surface area (Å²) < 4.78 is 224. The number of hydrogen-bond donors (Lipinski definition) is 0. The monoisotopic (exact) mass is 1210 g/mol. The molecule has 93 heavy (non-hydrogen) atoms. The number of nitrogens with zero attached hydrogens (tertiary/aromatic N) is 4. The summed E-state index contributed by atoms with van der Waals surface area (Å²) in [4.78, 5) is 1.79. The zero-order valence-electron chi connectivity index (χ0n) is 72.2. The molecule has 0 bridgehead atoms.